The van der Waals surface area contributed by atoms with Crippen LogP contribution in [0.5, 0.6) is 5.75 Å². The summed E-state index contributed by atoms with van der Waals surface area (Å²) in [6, 6.07) is 4.31. The standard InChI is InChI=1S/C14H21FN2O2/c1-4-7-17(10-14(19)16(2)3)9-11-5-6-13(18)12(15)8-11/h5-6,8,18H,4,7,9-10H2,1-3H3. The number of carbonyl (C=O) groups is 1. The Balaban J connectivity index is 2.71. The van der Waals surface area contributed by atoms with E-state index in [1.165, 1.54) is 12.1 Å². The highest BCUT2D eigenvalue weighted by Gasteiger charge is 2.13. The molecule has 0 saturated carbocycles. The maximum atomic E-state index is 13.3. The average molecular weight is 268 g/mol. The Morgan fingerprint density at radius 3 is 2.58 bits per heavy atom. The van der Waals surface area contributed by atoms with Crippen molar-refractivity contribution in [2.75, 3.05) is 27.2 Å². The lowest BCUT2D eigenvalue weighted by atomic mass is 10.2. The molecule has 0 unspecified atom stereocenters. The van der Waals surface area contributed by atoms with Crippen LogP contribution in [0.25, 0.3) is 0 Å². The van der Waals surface area contributed by atoms with Gasteiger partial charge in [0.25, 0.3) is 0 Å². The molecule has 0 aliphatic rings. The zero-order valence-electron chi connectivity index (χ0n) is 11.7. The molecule has 0 spiro atoms. The first-order chi connectivity index (χ1) is 8.93. The number of hydrogen-bond donors (Lipinski definition) is 1. The van der Waals surface area contributed by atoms with Gasteiger partial charge in [-0.2, -0.15) is 0 Å². The minimum Gasteiger partial charge on any atom is -0.505 e. The third-order valence-electron chi connectivity index (χ3n) is 2.82. The van der Waals surface area contributed by atoms with E-state index in [0.717, 1.165) is 18.5 Å². The Hall–Kier alpha value is -1.62. The van der Waals surface area contributed by atoms with E-state index < -0.39 is 5.82 Å². The molecule has 4 nitrogen and oxygen atoms in total. The molecule has 1 aromatic carbocycles. The number of carbonyl (C=O) groups excluding carboxylic acids is 1. The number of phenols is 1. The van der Waals surface area contributed by atoms with Crippen LogP contribution in [0.3, 0.4) is 0 Å². The number of nitrogens with zero attached hydrogens (tertiary/aromatic N) is 2. The molecule has 0 aliphatic heterocycles. The highest BCUT2D eigenvalue weighted by atomic mass is 19.1. The molecule has 1 amide bonds. The Morgan fingerprint density at radius 2 is 2.05 bits per heavy atom. The van der Waals surface area contributed by atoms with E-state index in [0.29, 0.717) is 13.1 Å². The Morgan fingerprint density at radius 1 is 1.37 bits per heavy atom. The van der Waals surface area contributed by atoms with Crippen LogP contribution in [-0.2, 0) is 11.3 Å². The van der Waals surface area contributed by atoms with Crippen LogP contribution in [-0.4, -0.2) is 48.0 Å². The van der Waals surface area contributed by atoms with E-state index in [4.69, 9.17) is 5.11 Å². The second kappa shape index (κ2) is 7.09. The van der Waals surface area contributed by atoms with Crippen LogP contribution < -0.4 is 0 Å². The Labute approximate surface area is 113 Å². The smallest absolute Gasteiger partial charge is 0.236 e. The molecule has 0 aliphatic carbocycles. The summed E-state index contributed by atoms with van der Waals surface area (Å²) in [6.07, 6.45) is 0.918. The maximum absolute atomic E-state index is 13.3. The summed E-state index contributed by atoms with van der Waals surface area (Å²) in [7, 11) is 3.43. The van der Waals surface area contributed by atoms with Crippen molar-refractivity contribution in [2.45, 2.75) is 19.9 Å². The van der Waals surface area contributed by atoms with Gasteiger partial charge in [-0.15, -0.1) is 0 Å². The van der Waals surface area contributed by atoms with Gasteiger partial charge in [-0.05, 0) is 30.7 Å². The van der Waals surface area contributed by atoms with Gasteiger partial charge < -0.3 is 10.0 Å². The summed E-state index contributed by atoms with van der Waals surface area (Å²) < 4.78 is 13.3. The summed E-state index contributed by atoms with van der Waals surface area (Å²) in [5, 5.41) is 9.15. The van der Waals surface area contributed by atoms with Crippen molar-refractivity contribution in [3.8, 4) is 5.75 Å². The van der Waals surface area contributed by atoms with E-state index in [-0.39, 0.29) is 11.7 Å². The van der Waals surface area contributed by atoms with Gasteiger partial charge in [0.05, 0.1) is 6.54 Å². The molecule has 1 N–H and O–H groups in total. The number of benzene rings is 1. The van der Waals surface area contributed by atoms with E-state index in [9.17, 15) is 9.18 Å². The van der Waals surface area contributed by atoms with Gasteiger partial charge in [0, 0.05) is 20.6 Å². The number of rotatable bonds is 6. The van der Waals surface area contributed by atoms with Crippen molar-refractivity contribution < 1.29 is 14.3 Å². The van der Waals surface area contributed by atoms with E-state index >= 15 is 0 Å². The van der Waals surface area contributed by atoms with Crippen LogP contribution in [0.4, 0.5) is 4.39 Å². The first kappa shape index (κ1) is 15.4. The van der Waals surface area contributed by atoms with Crippen molar-refractivity contribution in [1.29, 1.82) is 0 Å². The SMILES string of the molecule is CCCN(CC(=O)N(C)C)Cc1ccc(O)c(F)c1. The lowest BCUT2D eigenvalue weighted by Crippen LogP contribution is -2.36. The van der Waals surface area contributed by atoms with Crippen molar-refractivity contribution in [3.63, 3.8) is 0 Å². The fourth-order valence-corrected chi connectivity index (χ4v) is 1.77. The largest absolute Gasteiger partial charge is 0.505 e. The molecule has 0 fully saturated rings. The first-order valence-corrected chi connectivity index (χ1v) is 6.34. The van der Waals surface area contributed by atoms with Crippen LogP contribution in [0, 0.1) is 5.82 Å². The monoisotopic (exact) mass is 268 g/mol. The third kappa shape index (κ3) is 4.87. The normalized spacial score (nSPS) is 10.8. The summed E-state index contributed by atoms with van der Waals surface area (Å²) >= 11 is 0. The number of likely N-dealkylation sites (N-methyl/N-ethyl adjacent to an activating group) is 1. The van der Waals surface area contributed by atoms with Gasteiger partial charge in [0.1, 0.15) is 0 Å². The first-order valence-electron chi connectivity index (χ1n) is 6.34. The predicted molar refractivity (Wildman–Crippen MR) is 72.3 cm³/mol. The molecule has 19 heavy (non-hydrogen) atoms. The molecule has 0 atom stereocenters. The molecule has 1 aromatic rings. The van der Waals surface area contributed by atoms with Crippen molar-refractivity contribution in [1.82, 2.24) is 9.80 Å². The van der Waals surface area contributed by atoms with Gasteiger partial charge >= 0.3 is 0 Å². The highest BCUT2D eigenvalue weighted by molar-refractivity contribution is 5.77. The van der Waals surface area contributed by atoms with Gasteiger partial charge in [0.15, 0.2) is 11.6 Å². The zero-order valence-corrected chi connectivity index (χ0v) is 11.7. The van der Waals surface area contributed by atoms with Crippen molar-refractivity contribution >= 4 is 5.91 Å². The topological polar surface area (TPSA) is 43.8 Å². The number of halogens is 1. The summed E-state index contributed by atoms with van der Waals surface area (Å²) in [6.45, 7) is 3.60. The Kier molecular flexibility index (Phi) is 5.76. The predicted octanol–water partition coefficient (Wildman–Crippen LogP) is 1.83. The molecule has 0 radical (unpaired) electrons. The Bertz CT molecular complexity index is 435. The minimum absolute atomic E-state index is 0.0210. The number of amides is 1. The van der Waals surface area contributed by atoms with Gasteiger partial charge in [-0.25, -0.2) is 4.39 Å². The van der Waals surface area contributed by atoms with E-state index in [2.05, 4.69) is 0 Å². The highest BCUT2D eigenvalue weighted by Crippen LogP contribution is 2.17. The molecule has 106 valence electrons. The van der Waals surface area contributed by atoms with E-state index in [1.54, 1.807) is 25.1 Å². The maximum Gasteiger partial charge on any atom is 0.236 e. The minimum atomic E-state index is -0.632. The molecule has 0 heterocycles. The number of aromatic hydroxyl groups is 1. The number of hydrogen-bond acceptors (Lipinski definition) is 3. The fraction of sp³-hybridized carbons (Fsp3) is 0.500. The zero-order chi connectivity index (χ0) is 14.4. The second-order valence-electron chi connectivity index (χ2n) is 4.78. The van der Waals surface area contributed by atoms with Gasteiger partial charge in [-0.3, -0.25) is 9.69 Å². The van der Waals surface area contributed by atoms with Gasteiger partial charge in [-0.1, -0.05) is 13.0 Å². The average Bonchev–Trinajstić information content (AvgIpc) is 2.34. The van der Waals surface area contributed by atoms with Crippen LogP contribution in [0.2, 0.25) is 0 Å². The van der Waals surface area contributed by atoms with Crippen molar-refractivity contribution in [3.05, 3.63) is 29.6 Å². The molecule has 0 aromatic heterocycles. The van der Waals surface area contributed by atoms with Crippen LogP contribution in [0.1, 0.15) is 18.9 Å². The number of phenolic OH excluding ortho intramolecular Hbond substituents is 1. The van der Waals surface area contributed by atoms with Crippen molar-refractivity contribution in [2.24, 2.45) is 0 Å². The molecular formula is C14H21FN2O2. The molecule has 0 bridgehead atoms. The lowest BCUT2D eigenvalue weighted by Gasteiger charge is -2.23. The molecule has 0 saturated heterocycles. The van der Waals surface area contributed by atoms with E-state index in [1.807, 2.05) is 11.8 Å². The molecule has 5 heteroatoms. The molecule has 1 rings (SSSR count). The summed E-state index contributed by atoms with van der Waals surface area (Å²) in [4.78, 5) is 15.2. The lowest BCUT2D eigenvalue weighted by molar-refractivity contribution is -0.130. The quantitative estimate of drug-likeness (QED) is 0.856. The summed E-state index contributed by atoms with van der Waals surface area (Å²) in [5.41, 5.74) is 0.746. The summed E-state index contributed by atoms with van der Waals surface area (Å²) in [5.74, 6) is -0.962. The van der Waals surface area contributed by atoms with Crippen LogP contribution >= 0.6 is 0 Å². The molecular weight excluding hydrogens is 247 g/mol. The second-order valence-corrected chi connectivity index (χ2v) is 4.78. The fourth-order valence-electron chi connectivity index (χ4n) is 1.77. The third-order valence-corrected chi connectivity index (χ3v) is 2.82. The van der Waals surface area contributed by atoms with Gasteiger partial charge in [0.2, 0.25) is 5.91 Å². The van der Waals surface area contributed by atoms with Crippen LogP contribution in [0.15, 0.2) is 18.2 Å².